The molecule has 3 rings (SSSR count). The Balaban J connectivity index is 1.80. The fourth-order valence-electron chi connectivity index (χ4n) is 2.77. The predicted octanol–water partition coefficient (Wildman–Crippen LogP) is 7.21. The zero-order chi connectivity index (χ0) is 22.8. The van der Waals surface area contributed by atoms with Gasteiger partial charge < -0.3 is 16.0 Å². The molecule has 0 aromatic heterocycles. The predicted molar refractivity (Wildman–Crippen MR) is 136 cm³/mol. The van der Waals surface area contributed by atoms with Gasteiger partial charge in [-0.2, -0.15) is 0 Å². The summed E-state index contributed by atoms with van der Waals surface area (Å²) in [5, 5.41) is 10.8. The van der Waals surface area contributed by atoms with E-state index in [0.717, 1.165) is 10.8 Å². The first kappa shape index (κ1) is 24.5. The second-order valence-electron chi connectivity index (χ2n) is 6.32. The number of rotatable bonds is 4. The average molecular weight is 556 g/mol. The molecule has 3 aromatic carbocycles. The Hall–Kier alpha value is -1.18. The number of amides is 1. The molecule has 162 valence electrons. The number of thiocarbonyl (C=S) groups is 1. The number of hydrogen-bond donors (Lipinski definition) is 3. The molecule has 0 aliphatic carbocycles. The van der Waals surface area contributed by atoms with Gasteiger partial charge in [0, 0.05) is 10.6 Å². The van der Waals surface area contributed by atoms with Gasteiger partial charge in [-0.05, 0) is 41.2 Å². The first-order valence-electron chi connectivity index (χ1n) is 8.63. The molecule has 1 amide bonds. The molecule has 0 fully saturated rings. The number of fused-ring (bicyclic) bond motifs is 1. The molecule has 0 heterocycles. The number of alkyl halides is 3. The van der Waals surface area contributed by atoms with Gasteiger partial charge in [-0.15, -0.1) is 0 Å². The molecule has 0 spiro atoms. The molecular weight excluding hydrogens is 543 g/mol. The van der Waals surface area contributed by atoms with Crippen molar-refractivity contribution in [2.24, 2.45) is 0 Å². The molecule has 11 heteroatoms. The molecule has 0 radical (unpaired) electrons. The topological polar surface area (TPSA) is 53.2 Å². The van der Waals surface area contributed by atoms with Crippen molar-refractivity contribution in [3.05, 3.63) is 75.2 Å². The molecule has 31 heavy (non-hydrogen) atoms. The average Bonchev–Trinajstić information content (AvgIpc) is 2.69. The summed E-state index contributed by atoms with van der Waals surface area (Å²) in [6.45, 7) is 0. The van der Waals surface area contributed by atoms with E-state index in [1.807, 2.05) is 30.3 Å². The molecule has 4 nitrogen and oxygen atoms in total. The maximum atomic E-state index is 13.0. The van der Waals surface area contributed by atoms with Crippen LogP contribution in [-0.4, -0.2) is 21.0 Å². The van der Waals surface area contributed by atoms with Crippen molar-refractivity contribution in [1.82, 2.24) is 10.6 Å². The third-order valence-corrected chi connectivity index (χ3v) is 5.85. The number of benzene rings is 3. The normalized spacial score (nSPS) is 12.3. The Morgan fingerprint density at radius 3 is 2.16 bits per heavy atom. The lowest BCUT2D eigenvalue weighted by atomic mass is 10.0. The summed E-state index contributed by atoms with van der Waals surface area (Å²) < 4.78 is -1.93. The summed E-state index contributed by atoms with van der Waals surface area (Å²) in [5.41, 5.74) is 0.732. The Kier molecular flexibility index (Phi) is 8.03. The van der Waals surface area contributed by atoms with Crippen LogP contribution in [0.2, 0.25) is 15.1 Å². The summed E-state index contributed by atoms with van der Waals surface area (Å²) in [4.78, 5) is 13.0. The number of halogens is 6. The number of nitrogens with one attached hydrogen (secondary N) is 3. The Morgan fingerprint density at radius 1 is 0.903 bits per heavy atom. The van der Waals surface area contributed by atoms with Crippen LogP contribution in [-0.2, 0) is 0 Å². The summed E-state index contributed by atoms with van der Waals surface area (Å²) in [5.74, 6) is -0.453. The summed E-state index contributed by atoms with van der Waals surface area (Å²) in [6.07, 6.45) is -1.17. The number of carbonyl (C=O) groups is 1. The van der Waals surface area contributed by atoms with Crippen LogP contribution >= 0.6 is 81.8 Å². The van der Waals surface area contributed by atoms with E-state index in [0.29, 0.717) is 16.3 Å². The minimum Gasteiger partial charge on any atom is -0.339 e. The highest BCUT2D eigenvalue weighted by molar-refractivity contribution is 7.80. The number of anilines is 1. The molecule has 0 aliphatic heterocycles. The van der Waals surface area contributed by atoms with Gasteiger partial charge in [0.1, 0.15) is 6.17 Å². The van der Waals surface area contributed by atoms with Gasteiger partial charge in [-0.1, -0.05) is 106 Å². The maximum Gasteiger partial charge on any atom is 0.253 e. The summed E-state index contributed by atoms with van der Waals surface area (Å²) >= 11 is 41.7. The van der Waals surface area contributed by atoms with Crippen molar-refractivity contribution in [3.8, 4) is 0 Å². The van der Waals surface area contributed by atoms with Crippen LogP contribution in [0.25, 0.3) is 10.8 Å². The SMILES string of the molecule is O=C(NC(NC(=S)Nc1c(Cl)cc(Cl)cc1Cl)C(Cl)(Cl)Cl)c1cccc2ccccc12. The first-order chi connectivity index (χ1) is 14.6. The first-order valence-corrected chi connectivity index (χ1v) is 11.3. The van der Waals surface area contributed by atoms with Crippen LogP contribution < -0.4 is 16.0 Å². The van der Waals surface area contributed by atoms with Gasteiger partial charge in [-0.3, -0.25) is 4.79 Å². The van der Waals surface area contributed by atoms with Gasteiger partial charge in [-0.25, -0.2) is 0 Å². The van der Waals surface area contributed by atoms with E-state index in [2.05, 4.69) is 16.0 Å². The molecule has 0 aliphatic rings. The van der Waals surface area contributed by atoms with Crippen molar-refractivity contribution >= 4 is 109 Å². The Labute approximate surface area is 214 Å². The third kappa shape index (κ3) is 6.20. The molecule has 3 aromatic rings. The molecular formula is C20H13Cl6N3OS. The highest BCUT2D eigenvalue weighted by atomic mass is 35.6. The van der Waals surface area contributed by atoms with Crippen LogP contribution in [0.3, 0.4) is 0 Å². The van der Waals surface area contributed by atoms with E-state index < -0.39 is 15.9 Å². The van der Waals surface area contributed by atoms with Gasteiger partial charge in [0.25, 0.3) is 5.91 Å². The highest BCUT2D eigenvalue weighted by Crippen LogP contribution is 2.34. The quantitative estimate of drug-likeness (QED) is 0.181. The third-order valence-electron chi connectivity index (χ3n) is 4.16. The lowest BCUT2D eigenvalue weighted by Crippen LogP contribution is -2.56. The zero-order valence-corrected chi connectivity index (χ0v) is 20.7. The lowest BCUT2D eigenvalue weighted by Gasteiger charge is -2.28. The minimum absolute atomic E-state index is 0.0145. The molecule has 1 unspecified atom stereocenters. The maximum absolute atomic E-state index is 13.0. The van der Waals surface area contributed by atoms with Crippen LogP contribution in [0, 0.1) is 0 Å². The lowest BCUT2D eigenvalue weighted by molar-refractivity contribution is 0.0936. The van der Waals surface area contributed by atoms with E-state index in [9.17, 15) is 4.79 Å². The fraction of sp³-hybridized carbons (Fsp3) is 0.100. The molecule has 1 atom stereocenters. The fourth-order valence-corrected chi connectivity index (χ4v) is 4.23. The van der Waals surface area contributed by atoms with Gasteiger partial charge in [0.15, 0.2) is 5.11 Å². The highest BCUT2D eigenvalue weighted by Gasteiger charge is 2.35. The van der Waals surface area contributed by atoms with Crippen molar-refractivity contribution in [2.75, 3.05) is 5.32 Å². The summed E-state index contributed by atoms with van der Waals surface area (Å²) in [7, 11) is 0. The van der Waals surface area contributed by atoms with Crippen LogP contribution in [0.5, 0.6) is 0 Å². The standard InChI is InChI=1S/C20H13Cl6N3OS/c21-11-8-14(22)16(15(23)9-11)27-19(31)29-18(20(24,25)26)28-17(30)13-7-3-5-10-4-1-2-6-12(10)13/h1-9,18H,(H,28,30)(H2,27,29,31). The zero-order valence-electron chi connectivity index (χ0n) is 15.4. The number of hydrogen-bond acceptors (Lipinski definition) is 2. The van der Waals surface area contributed by atoms with E-state index in [-0.39, 0.29) is 15.2 Å². The Bertz CT molecular complexity index is 1120. The largest absolute Gasteiger partial charge is 0.339 e. The van der Waals surface area contributed by atoms with Crippen molar-refractivity contribution in [3.63, 3.8) is 0 Å². The molecule has 0 saturated heterocycles. The van der Waals surface area contributed by atoms with Gasteiger partial charge in [0.05, 0.1) is 15.7 Å². The van der Waals surface area contributed by atoms with Crippen molar-refractivity contribution in [2.45, 2.75) is 9.96 Å². The van der Waals surface area contributed by atoms with Crippen molar-refractivity contribution in [1.29, 1.82) is 0 Å². The van der Waals surface area contributed by atoms with Crippen LogP contribution in [0.15, 0.2) is 54.6 Å². The summed E-state index contributed by atoms with van der Waals surface area (Å²) in [6, 6.07) is 15.8. The number of carbonyl (C=O) groups excluding carboxylic acids is 1. The van der Waals surface area contributed by atoms with E-state index in [4.69, 9.17) is 81.8 Å². The second kappa shape index (κ2) is 10.2. The monoisotopic (exact) mass is 553 g/mol. The van der Waals surface area contributed by atoms with E-state index in [1.165, 1.54) is 12.1 Å². The van der Waals surface area contributed by atoms with Gasteiger partial charge >= 0.3 is 0 Å². The van der Waals surface area contributed by atoms with Gasteiger partial charge in [0.2, 0.25) is 3.79 Å². The van der Waals surface area contributed by atoms with Crippen LogP contribution in [0.4, 0.5) is 5.69 Å². The molecule has 0 bridgehead atoms. The second-order valence-corrected chi connectivity index (χ2v) is 10.3. The Morgan fingerprint density at radius 2 is 1.52 bits per heavy atom. The molecule has 3 N–H and O–H groups in total. The minimum atomic E-state index is -1.93. The van der Waals surface area contributed by atoms with Crippen molar-refractivity contribution < 1.29 is 4.79 Å². The van der Waals surface area contributed by atoms with Crippen LogP contribution in [0.1, 0.15) is 10.4 Å². The van der Waals surface area contributed by atoms with E-state index in [1.54, 1.807) is 12.1 Å². The van der Waals surface area contributed by atoms with E-state index >= 15 is 0 Å². The molecule has 0 saturated carbocycles. The smallest absolute Gasteiger partial charge is 0.253 e.